The monoisotopic (exact) mass is 338 g/mol. The van der Waals surface area contributed by atoms with Gasteiger partial charge in [0, 0.05) is 12.6 Å². The molecule has 0 spiro atoms. The lowest BCUT2D eigenvalue weighted by molar-refractivity contribution is 0.306. The standard InChI is InChI=1S/C17H14N4O2S/c1-21-17(22)19-16(20-21)11-6-8-12(9-7-11)23-10-15-18-13-4-2-3-5-14(13)24-15/h2-9H,10H2,1H3,(H,19,20,22). The minimum Gasteiger partial charge on any atom is -0.486 e. The summed E-state index contributed by atoms with van der Waals surface area (Å²) < 4.78 is 8.22. The van der Waals surface area contributed by atoms with Crippen molar-refractivity contribution in [2.75, 3.05) is 0 Å². The number of benzene rings is 2. The molecule has 0 aliphatic rings. The van der Waals surface area contributed by atoms with E-state index in [4.69, 9.17) is 4.74 Å². The zero-order valence-electron chi connectivity index (χ0n) is 12.9. The van der Waals surface area contributed by atoms with Gasteiger partial charge in [-0.15, -0.1) is 11.3 Å². The van der Waals surface area contributed by atoms with Crippen LogP contribution >= 0.6 is 11.3 Å². The van der Waals surface area contributed by atoms with Crippen LogP contribution in [0.15, 0.2) is 53.3 Å². The van der Waals surface area contributed by atoms with Gasteiger partial charge in [0.25, 0.3) is 0 Å². The van der Waals surface area contributed by atoms with Crippen LogP contribution in [0.4, 0.5) is 0 Å². The Morgan fingerprint density at radius 2 is 1.96 bits per heavy atom. The Morgan fingerprint density at radius 1 is 1.17 bits per heavy atom. The molecule has 0 aliphatic carbocycles. The molecule has 2 aromatic carbocycles. The first kappa shape index (κ1) is 14.6. The highest BCUT2D eigenvalue weighted by Crippen LogP contribution is 2.24. The maximum atomic E-state index is 11.4. The van der Waals surface area contributed by atoms with Gasteiger partial charge >= 0.3 is 5.69 Å². The number of thiazole rings is 1. The lowest BCUT2D eigenvalue weighted by Crippen LogP contribution is -2.13. The summed E-state index contributed by atoms with van der Waals surface area (Å²) in [5.74, 6) is 1.29. The highest BCUT2D eigenvalue weighted by molar-refractivity contribution is 7.18. The van der Waals surface area contributed by atoms with Crippen molar-refractivity contribution in [3.05, 3.63) is 64.0 Å². The van der Waals surface area contributed by atoms with Crippen molar-refractivity contribution in [1.29, 1.82) is 0 Å². The summed E-state index contributed by atoms with van der Waals surface area (Å²) in [7, 11) is 1.61. The van der Waals surface area contributed by atoms with Crippen molar-refractivity contribution in [3.8, 4) is 17.1 Å². The summed E-state index contributed by atoms with van der Waals surface area (Å²) in [5, 5.41) is 5.07. The molecule has 7 heteroatoms. The molecule has 2 heterocycles. The van der Waals surface area contributed by atoms with Crippen LogP contribution in [0.25, 0.3) is 21.6 Å². The van der Waals surface area contributed by atoms with Crippen LogP contribution in [0, 0.1) is 0 Å². The van der Waals surface area contributed by atoms with Gasteiger partial charge in [-0.1, -0.05) is 12.1 Å². The van der Waals surface area contributed by atoms with E-state index in [2.05, 4.69) is 21.1 Å². The summed E-state index contributed by atoms with van der Waals surface area (Å²) in [4.78, 5) is 18.7. The third kappa shape index (κ3) is 2.81. The molecule has 24 heavy (non-hydrogen) atoms. The van der Waals surface area contributed by atoms with Gasteiger partial charge < -0.3 is 4.74 Å². The molecule has 0 unspecified atom stereocenters. The predicted octanol–water partition coefficient (Wildman–Crippen LogP) is 2.96. The fraction of sp³-hybridized carbons (Fsp3) is 0.118. The number of aromatic amines is 1. The molecule has 0 radical (unpaired) electrons. The highest BCUT2D eigenvalue weighted by Gasteiger charge is 2.06. The number of H-pyrrole nitrogens is 1. The van der Waals surface area contributed by atoms with Crippen LogP contribution in [-0.4, -0.2) is 19.7 Å². The van der Waals surface area contributed by atoms with Gasteiger partial charge in [0.2, 0.25) is 0 Å². The van der Waals surface area contributed by atoms with Gasteiger partial charge in [-0.25, -0.2) is 14.5 Å². The maximum absolute atomic E-state index is 11.4. The van der Waals surface area contributed by atoms with Gasteiger partial charge in [-0.05, 0) is 36.4 Å². The minimum atomic E-state index is -0.235. The van der Waals surface area contributed by atoms with Gasteiger partial charge in [-0.3, -0.25) is 4.98 Å². The fourth-order valence-electron chi connectivity index (χ4n) is 2.37. The number of nitrogens with one attached hydrogen (secondary N) is 1. The summed E-state index contributed by atoms with van der Waals surface area (Å²) in [6.07, 6.45) is 0. The number of ether oxygens (including phenoxy) is 1. The summed E-state index contributed by atoms with van der Waals surface area (Å²) >= 11 is 1.63. The molecule has 0 bridgehead atoms. The molecule has 6 nitrogen and oxygen atoms in total. The Morgan fingerprint density at radius 3 is 2.67 bits per heavy atom. The van der Waals surface area contributed by atoms with E-state index in [-0.39, 0.29) is 5.69 Å². The molecular formula is C17H14N4O2S. The van der Waals surface area contributed by atoms with Crippen molar-refractivity contribution < 1.29 is 4.74 Å². The molecule has 0 fully saturated rings. The number of hydrogen-bond donors (Lipinski definition) is 1. The molecule has 0 aliphatic heterocycles. The quantitative estimate of drug-likeness (QED) is 0.621. The number of rotatable bonds is 4. The van der Waals surface area contributed by atoms with Gasteiger partial charge in [0.05, 0.1) is 10.2 Å². The van der Waals surface area contributed by atoms with Gasteiger partial charge in [0.1, 0.15) is 17.4 Å². The first-order chi connectivity index (χ1) is 11.7. The van der Waals surface area contributed by atoms with Crippen molar-refractivity contribution in [2.45, 2.75) is 6.61 Å². The number of hydrogen-bond acceptors (Lipinski definition) is 5. The lowest BCUT2D eigenvalue weighted by atomic mass is 10.2. The molecule has 0 saturated carbocycles. The Hall–Kier alpha value is -2.93. The Bertz CT molecular complexity index is 1010. The van der Waals surface area contributed by atoms with Crippen molar-refractivity contribution >= 4 is 21.6 Å². The third-order valence-electron chi connectivity index (χ3n) is 3.60. The second-order valence-corrected chi connectivity index (χ2v) is 6.41. The Labute approximate surface area is 141 Å². The van der Waals surface area contributed by atoms with E-state index >= 15 is 0 Å². The normalized spacial score (nSPS) is 11.0. The Kier molecular flexibility index (Phi) is 3.62. The van der Waals surface area contributed by atoms with Gasteiger partial charge in [-0.2, -0.15) is 5.10 Å². The smallest absolute Gasteiger partial charge is 0.343 e. The first-order valence-electron chi connectivity index (χ1n) is 7.40. The molecule has 0 amide bonds. The zero-order valence-corrected chi connectivity index (χ0v) is 13.7. The lowest BCUT2D eigenvalue weighted by Gasteiger charge is -2.04. The number of aromatic nitrogens is 4. The summed E-state index contributed by atoms with van der Waals surface area (Å²) in [5.41, 5.74) is 1.59. The van der Waals surface area contributed by atoms with E-state index < -0.39 is 0 Å². The van der Waals surface area contributed by atoms with E-state index in [1.165, 1.54) is 4.68 Å². The summed E-state index contributed by atoms with van der Waals surface area (Å²) in [6.45, 7) is 0.430. The molecule has 0 saturated heterocycles. The van der Waals surface area contributed by atoms with Crippen LogP contribution in [0.5, 0.6) is 5.75 Å². The van der Waals surface area contributed by atoms with E-state index in [9.17, 15) is 4.79 Å². The maximum Gasteiger partial charge on any atom is 0.343 e. The van der Waals surface area contributed by atoms with E-state index in [0.717, 1.165) is 26.5 Å². The SMILES string of the molecule is Cn1nc(-c2ccc(OCc3nc4ccccc4s3)cc2)[nH]c1=O. The molecular weight excluding hydrogens is 324 g/mol. The average Bonchev–Trinajstić information content (AvgIpc) is 3.16. The molecule has 120 valence electrons. The van der Waals surface area contributed by atoms with E-state index in [1.54, 1.807) is 18.4 Å². The van der Waals surface area contributed by atoms with Crippen molar-refractivity contribution in [3.63, 3.8) is 0 Å². The van der Waals surface area contributed by atoms with Crippen LogP contribution in [0.2, 0.25) is 0 Å². The second kappa shape index (κ2) is 5.93. The predicted molar refractivity (Wildman–Crippen MR) is 93.2 cm³/mol. The fourth-order valence-corrected chi connectivity index (χ4v) is 3.25. The summed E-state index contributed by atoms with van der Waals surface area (Å²) in [6, 6.07) is 15.5. The molecule has 4 rings (SSSR count). The third-order valence-corrected chi connectivity index (χ3v) is 4.61. The number of fused-ring (bicyclic) bond motifs is 1. The first-order valence-corrected chi connectivity index (χ1v) is 8.22. The van der Waals surface area contributed by atoms with Crippen molar-refractivity contribution in [1.82, 2.24) is 19.7 Å². The molecule has 4 aromatic rings. The van der Waals surface area contributed by atoms with Gasteiger partial charge in [0.15, 0.2) is 5.82 Å². The average molecular weight is 338 g/mol. The highest BCUT2D eigenvalue weighted by atomic mass is 32.1. The topological polar surface area (TPSA) is 72.8 Å². The van der Waals surface area contributed by atoms with E-state index in [0.29, 0.717) is 12.4 Å². The minimum absolute atomic E-state index is 0.235. The zero-order chi connectivity index (χ0) is 16.5. The van der Waals surface area contributed by atoms with Crippen LogP contribution in [0.3, 0.4) is 0 Å². The Balaban J connectivity index is 1.48. The van der Waals surface area contributed by atoms with Crippen LogP contribution in [-0.2, 0) is 13.7 Å². The van der Waals surface area contributed by atoms with Crippen LogP contribution < -0.4 is 10.4 Å². The molecule has 0 atom stereocenters. The number of aryl methyl sites for hydroxylation is 1. The second-order valence-electron chi connectivity index (χ2n) is 5.29. The van der Waals surface area contributed by atoms with Crippen LogP contribution in [0.1, 0.15) is 5.01 Å². The number of para-hydroxylation sites is 1. The van der Waals surface area contributed by atoms with E-state index in [1.807, 2.05) is 42.5 Å². The number of nitrogens with zero attached hydrogens (tertiary/aromatic N) is 3. The largest absolute Gasteiger partial charge is 0.486 e. The molecule has 2 aromatic heterocycles. The van der Waals surface area contributed by atoms with Crippen molar-refractivity contribution in [2.24, 2.45) is 7.05 Å². The molecule has 1 N–H and O–H groups in total.